The van der Waals surface area contributed by atoms with Crippen molar-refractivity contribution in [2.24, 2.45) is 0 Å². The molecule has 17 heavy (non-hydrogen) atoms. The zero-order valence-corrected chi connectivity index (χ0v) is 10.3. The Labute approximate surface area is 102 Å². The highest BCUT2D eigenvalue weighted by molar-refractivity contribution is 5.77. The summed E-state index contributed by atoms with van der Waals surface area (Å²) in [6.07, 6.45) is 1.43. The smallest absolute Gasteiger partial charge is 0.233 e. The van der Waals surface area contributed by atoms with E-state index in [1.807, 2.05) is 0 Å². The van der Waals surface area contributed by atoms with Crippen molar-refractivity contribution in [3.8, 4) is 0 Å². The van der Waals surface area contributed by atoms with Gasteiger partial charge in [-0.1, -0.05) is 0 Å². The molecule has 1 aliphatic rings. The average Bonchev–Trinajstić information content (AvgIpc) is 2.72. The zero-order valence-electron chi connectivity index (χ0n) is 10.3. The maximum atomic E-state index is 11.4. The van der Waals surface area contributed by atoms with E-state index in [0.717, 1.165) is 6.42 Å². The van der Waals surface area contributed by atoms with Crippen LogP contribution in [0.3, 0.4) is 0 Å². The van der Waals surface area contributed by atoms with Gasteiger partial charge in [-0.3, -0.25) is 4.79 Å². The monoisotopic (exact) mass is 246 g/mol. The lowest BCUT2D eigenvalue weighted by Gasteiger charge is -2.20. The first kappa shape index (κ1) is 14.4. The van der Waals surface area contributed by atoms with E-state index < -0.39 is 5.60 Å². The Morgan fingerprint density at radius 3 is 3.06 bits per heavy atom. The number of aliphatic hydroxyl groups is 1. The lowest BCUT2D eigenvalue weighted by molar-refractivity contribution is -0.120. The number of methoxy groups -OCH3 is 1. The molecule has 6 heteroatoms. The van der Waals surface area contributed by atoms with Crippen LogP contribution in [0.15, 0.2) is 0 Å². The summed E-state index contributed by atoms with van der Waals surface area (Å²) < 4.78 is 9.98. The molecule has 1 aliphatic heterocycles. The van der Waals surface area contributed by atoms with Crippen LogP contribution >= 0.6 is 0 Å². The minimum atomic E-state index is -0.809. The van der Waals surface area contributed by atoms with Crippen LogP contribution in [0, 0.1) is 0 Å². The Bertz CT molecular complexity index is 230. The molecule has 0 aromatic heterocycles. The first-order chi connectivity index (χ1) is 8.16. The van der Waals surface area contributed by atoms with Crippen molar-refractivity contribution >= 4 is 5.91 Å². The predicted octanol–water partition coefficient (Wildman–Crippen LogP) is -1.12. The number of carbonyl (C=O) groups excluding carboxylic acids is 1. The predicted molar refractivity (Wildman–Crippen MR) is 62.8 cm³/mol. The Morgan fingerprint density at radius 2 is 2.41 bits per heavy atom. The molecule has 3 N–H and O–H groups in total. The van der Waals surface area contributed by atoms with E-state index in [0.29, 0.717) is 39.3 Å². The summed E-state index contributed by atoms with van der Waals surface area (Å²) >= 11 is 0. The average molecular weight is 246 g/mol. The number of ether oxygens (including phenoxy) is 2. The normalized spacial score (nSPS) is 23.9. The zero-order chi connectivity index (χ0) is 12.6. The van der Waals surface area contributed by atoms with Crippen molar-refractivity contribution in [2.45, 2.75) is 18.4 Å². The number of nitrogens with one attached hydrogen (secondary N) is 2. The van der Waals surface area contributed by atoms with E-state index in [2.05, 4.69) is 10.6 Å². The molecule has 1 fully saturated rings. The van der Waals surface area contributed by atoms with E-state index in [9.17, 15) is 9.90 Å². The molecule has 100 valence electrons. The minimum Gasteiger partial charge on any atom is -0.386 e. The van der Waals surface area contributed by atoms with Crippen molar-refractivity contribution in [1.82, 2.24) is 10.6 Å². The molecule has 0 aliphatic carbocycles. The molecule has 1 rings (SSSR count). The maximum Gasteiger partial charge on any atom is 0.233 e. The summed E-state index contributed by atoms with van der Waals surface area (Å²) in [5.41, 5.74) is -0.809. The van der Waals surface area contributed by atoms with Crippen molar-refractivity contribution in [3.05, 3.63) is 0 Å². The molecule has 6 nitrogen and oxygen atoms in total. The van der Waals surface area contributed by atoms with Gasteiger partial charge < -0.3 is 25.2 Å². The first-order valence-corrected chi connectivity index (χ1v) is 5.93. The third kappa shape index (κ3) is 5.97. The second kappa shape index (κ2) is 7.60. The van der Waals surface area contributed by atoms with E-state index in [1.54, 1.807) is 7.11 Å². The lowest BCUT2D eigenvalue weighted by Crippen LogP contribution is -2.44. The van der Waals surface area contributed by atoms with Gasteiger partial charge >= 0.3 is 0 Å². The van der Waals surface area contributed by atoms with Crippen molar-refractivity contribution in [2.75, 3.05) is 46.6 Å². The van der Waals surface area contributed by atoms with Gasteiger partial charge in [-0.05, 0) is 6.42 Å². The van der Waals surface area contributed by atoms with Crippen LogP contribution in [0.1, 0.15) is 12.8 Å². The molecule has 1 saturated heterocycles. The van der Waals surface area contributed by atoms with Gasteiger partial charge in [-0.2, -0.15) is 0 Å². The largest absolute Gasteiger partial charge is 0.386 e. The molecule has 0 spiro atoms. The van der Waals surface area contributed by atoms with Gasteiger partial charge in [-0.15, -0.1) is 0 Å². The van der Waals surface area contributed by atoms with E-state index in [-0.39, 0.29) is 12.5 Å². The number of hydrogen-bond acceptors (Lipinski definition) is 5. The van der Waals surface area contributed by atoms with Crippen LogP contribution in [0.25, 0.3) is 0 Å². The lowest BCUT2D eigenvalue weighted by atomic mass is 10.0. The Balaban J connectivity index is 2.00. The van der Waals surface area contributed by atoms with Crippen LogP contribution in [-0.2, 0) is 14.3 Å². The fraction of sp³-hybridized carbons (Fsp3) is 0.909. The van der Waals surface area contributed by atoms with Crippen LogP contribution in [-0.4, -0.2) is 63.2 Å². The molecule has 1 heterocycles. The fourth-order valence-corrected chi connectivity index (χ4v) is 1.65. The number of carbonyl (C=O) groups is 1. The topological polar surface area (TPSA) is 79.8 Å². The second-order valence-corrected chi connectivity index (χ2v) is 4.33. The maximum absolute atomic E-state index is 11.4. The molecular weight excluding hydrogens is 224 g/mol. The summed E-state index contributed by atoms with van der Waals surface area (Å²) in [4.78, 5) is 11.4. The summed E-state index contributed by atoms with van der Waals surface area (Å²) in [7, 11) is 1.63. The van der Waals surface area contributed by atoms with Crippen LogP contribution < -0.4 is 10.6 Å². The first-order valence-electron chi connectivity index (χ1n) is 5.93. The van der Waals surface area contributed by atoms with E-state index in [1.165, 1.54) is 0 Å². The van der Waals surface area contributed by atoms with Crippen LogP contribution in [0.2, 0.25) is 0 Å². The van der Waals surface area contributed by atoms with Gasteiger partial charge in [-0.25, -0.2) is 0 Å². The van der Waals surface area contributed by atoms with E-state index in [4.69, 9.17) is 9.47 Å². The summed E-state index contributed by atoms with van der Waals surface area (Å²) in [6.45, 7) is 2.79. The SMILES string of the molecule is COCCCNC(=O)CNCC1(O)CCOC1. The van der Waals surface area contributed by atoms with Gasteiger partial charge in [0.2, 0.25) is 5.91 Å². The van der Waals surface area contributed by atoms with Crippen molar-refractivity contribution in [1.29, 1.82) is 0 Å². The van der Waals surface area contributed by atoms with Gasteiger partial charge in [0.15, 0.2) is 0 Å². The van der Waals surface area contributed by atoms with Crippen molar-refractivity contribution in [3.63, 3.8) is 0 Å². The van der Waals surface area contributed by atoms with Gasteiger partial charge in [0.25, 0.3) is 0 Å². The molecule has 0 aromatic rings. The Kier molecular flexibility index (Phi) is 6.43. The van der Waals surface area contributed by atoms with Crippen LogP contribution in [0.5, 0.6) is 0 Å². The minimum absolute atomic E-state index is 0.0661. The molecule has 0 radical (unpaired) electrons. The molecule has 1 amide bonds. The third-order valence-electron chi connectivity index (χ3n) is 2.67. The number of hydrogen-bond donors (Lipinski definition) is 3. The molecule has 0 bridgehead atoms. The quantitative estimate of drug-likeness (QED) is 0.473. The highest BCUT2D eigenvalue weighted by Gasteiger charge is 2.31. The standard InChI is InChI=1S/C11H22N2O4/c1-16-5-2-4-13-10(14)7-12-8-11(15)3-6-17-9-11/h12,15H,2-9H2,1H3,(H,13,14). The summed E-state index contributed by atoms with van der Waals surface area (Å²) in [5, 5.41) is 15.6. The Hall–Kier alpha value is -0.690. The molecule has 1 atom stereocenters. The number of amides is 1. The third-order valence-corrected chi connectivity index (χ3v) is 2.67. The second-order valence-electron chi connectivity index (χ2n) is 4.33. The molecular formula is C11H22N2O4. The van der Waals surface area contributed by atoms with Gasteiger partial charge in [0, 0.05) is 39.8 Å². The Morgan fingerprint density at radius 1 is 1.59 bits per heavy atom. The molecule has 0 aromatic carbocycles. The molecule has 0 saturated carbocycles. The van der Waals surface area contributed by atoms with Crippen LogP contribution in [0.4, 0.5) is 0 Å². The molecule has 1 unspecified atom stereocenters. The summed E-state index contributed by atoms with van der Waals surface area (Å²) in [6, 6.07) is 0. The highest BCUT2D eigenvalue weighted by Crippen LogP contribution is 2.16. The van der Waals surface area contributed by atoms with E-state index >= 15 is 0 Å². The van der Waals surface area contributed by atoms with Gasteiger partial charge in [0.05, 0.1) is 13.2 Å². The number of rotatable bonds is 8. The van der Waals surface area contributed by atoms with Gasteiger partial charge in [0.1, 0.15) is 5.60 Å². The van der Waals surface area contributed by atoms with Crippen molar-refractivity contribution < 1.29 is 19.4 Å². The fourth-order valence-electron chi connectivity index (χ4n) is 1.65. The summed E-state index contributed by atoms with van der Waals surface area (Å²) in [5.74, 6) is -0.0661. The highest BCUT2D eigenvalue weighted by atomic mass is 16.5.